The zero-order chi connectivity index (χ0) is 15.3. The highest BCUT2D eigenvalue weighted by molar-refractivity contribution is 5.87. The van der Waals surface area contributed by atoms with Gasteiger partial charge in [0, 0.05) is 6.54 Å². The third kappa shape index (κ3) is 4.11. The summed E-state index contributed by atoms with van der Waals surface area (Å²) in [5.74, 6) is -1.39. The second-order valence-electron chi connectivity index (χ2n) is 5.34. The van der Waals surface area contributed by atoms with E-state index < -0.39 is 30.1 Å². The first kappa shape index (κ1) is 16.3. The van der Waals surface area contributed by atoms with Gasteiger partial charge in [0.15, 0.2) is 0 Å². The van der Waals surface area contributed by atoms with Crippen LogP contribution < -0.4 is 5.32 Å². The molecule has 20 heavy (non-hydrogen) atoms. The van der Waals surface area contributed by atoms with Crippen molar-refractivity contribution in [2.45, 2.75) is 45.2 Å². The van der Waals surface area contributed by atoms with E-state index in [1.807, 2.05) is 13.8 Å². The van der Waals surface area contributed by atoms with E-state index in [2.05, 4.69) is 10.1 Å². The zero-order valence-corrected chi connectivity index (χ0v) is 12.1. The minimum atomic E-state index is -1.07. The van der Waals surface area contributed by atoms with Gasteiger partial charge in [0.25, 0.3) is 0 Å². The predicted molar refractivity (Wildman–Crippen MR) is 71.2 cm³/mol. The number of hydrogen-bond acceptors (Lipinski definition) is 4. The third-order valence-electron chi connectivity index (χ3n) is 3.29. The number of ether oxygens (including phenoxy) is 1. The fraction of sp³-hybridized carbons (Fsp3) is 0.769. The summed E-state index contributed by atoms with van der Waals surface area (Å²) in [6.07, 6.45) is 1.59. The average Bonchev–Trinajstić information content (AvgIpc) is 2.85. The van der Waals surface area contributed by atoms with Gasteiger partial charge in [-0.15, -0.1) is 0 Å². The van der Waals surface area contributed by atoms with Crippen LogP contribution in [-0.2, 0) is 14.3 Å². The Morgan fingerprint density at radius 1 is 1.40 bits per heavy atom. The number of carbonyl (C=O) groups is 3. The van der Waals surface area contributed by atoms with Crippen LogP contribution in [0.3, 0.4) is 0 Å². The van der Waals surface area contributed by atoms with Crippen molar-refractivity contribution in [2.24, 2.45) is 5.92 Å². The molecule has 2 N–H and O–H groups in total. The average molecular weight is 286 g/mol. The number of amides is 2. The topological polar surface area (TPSA) is 95.9 Å². The number of esters is 1. The summed E-state index contributed by atoms with van der Waals surface area (Å²) in [5, 5.41) is 11.6. The van der Waals surface area contributed by atoms with Crippen molar-refractivity contribution in [3.63, 3.8) is 0 Å². The van der Waals surface area contributed by atoms with Crippen LogP contribution in [0.2, 0.25) is 0 Å². The van der Waals surface area contributed by atoms with Crippen LogP contribution in [0.25, 0.3) is 0 Å². The second-order valence-corrected chi connectivity index (χ2v) is 5.34. The van der Waals surface area contributed by atoms with Gasteiger partial charge >= 0.3 is 18.0 Å². The van der Waals surface area contributed by atoms with Crippen molar-refractivity contribution in [3.05, 3.63) is 0 Å². The standard InChI is InChI=1S/C13H22N2O5/c1-8(2)7-9(11(16)17)14-13(19)15-6-4-5-10(15)12(18)20-3/h8-10H,4-7H2,1-3H3,(H,14,19)(H,16,17)/t9-,10?/m0/s1. The van der Waals surface area contributed by atoms with Gasteiger partial charge in [-0.25, -0.2) is 14.4 Å². The first-order valence-electron chi connectivity index (χ1n) is 6.74. The highest BCUT2D eigenvalue weighted by Gasteiger charge is 2.36. The molecule has 0 bridgehead atoms. The van der Waals surface area contributed by atoms with Crippen LogP contribution in [0.1, 0.15) is 33.1 Å². The molecule has 1 unspecified atom stereocenters. The molecule has 7 heteroatoms. The summed E-state index contributed by atoms with van der Waals surface area (Å²) in [6, 6.07) is -2.08. The number of methoxy groups -OCH3 is 1. The highest BCUT2D eigenvalue weighted by Crippen LogP contribution is 2.18. The number of carboxylic acids is 1. The summed E-state index contributed by atoms with van der Waals surface area (Å²) >= 11 is 0. The summed E-state index contributed by atoms with van der Waals surface area (Å²) < 4.78 is 4.65. The van der Waals surface area contributed by atoms with E-state index in [-0.39, 0.29) is 5.92 Å². The number of urea groups is 1. The van der Waals surface area contributed by atoms with E-state index in [0.29, 0.717) is 25.8 Å². The van der Waals surface area contributed by atoms with E-state index >= 15 is 0 Å². The van der Waals surface area contributed by atoms with Gasteiger partial charge in [0.2, 0.25) is 0 Å². The van der Waals surface area contributed by atoms with E-state index in [9.17, 15) is 14.4 Å². The molecule has 0 aromatic heterocycles. The number of carboxylic acid groups (broad SMARTS) is 1. The van der Waals surface area contributed by atoms with E-state index in [1.165, 1.54) is 12.0 Å². The lowest BCUT2D eigenvalue weighted by Gasteiger charge is -2.25. The molecule has 114 valence electrons. The maximum atomic E-state index is 12.1. The number of carbonyl (C=O) groups excluding carboxylic acids is 2. The smallest absolute Gasteiger partial charge is 0.328 e. The third-order valence-corrected chi connectivity index (χ3v) is 3.29. The molecule has 1 fully saturated rings. The van der Waals surface area contributed by atoms with E-state index in [0.717, 1.165) is 0 Å². The summed E-state index contributed by atoms with van der Waals surface area (Å²) in [7, 11) is 1.27. The predicted octanol–water partition coefficient (Wildman–Crippen LogP) is 0.833. The van der Waals surface area contributed by atoms with Crippen LogP contribution in [0.15, 0.2) is 0 Å². The molecule has 0 spiro atoms. The maximum absolute atomic E-state index is 12.1. The van der Waals surface area contributed by atoms with Crippen molar-refractivity contribution in [1.82, 2.24) is 10.2 Å². The Balaban J connectivity index is 2.68. The Hall–Kier alpha value is -1.79. The molecular weight excluding hydrogens is 264 g/mol. The second kappa shape index (κ2) is 7.12. The van der Waals surface area contributed by atoms with Gasteiger partial charge in [0.1, 0.15) is 12.1 Å². The fourth-order valence-electron chi connectivity index (χ4n) is 2.32. The Kier molecular flexibility index (Phi) is 5.79. The van der Waals surface area contributed by atoms with Gasteiger partial charge in [0.05, 0.1) is 7.11 Å². The number of aliphatic carboxylic acids is 1. The van der Waals surface area contributed by atoms with Crippen molar-refractivity contribution < 1.29 is 24.2 Å². The molecule has 1 heterocycles. The summed E-state index contributed by atoms with van der Waals surface area (Å²) in [6.45, 7) is 4.20. The number of hydrogen-bond donors (Lipinski definition) is 2. The minimum Gasteiger partial charge on any atom is -0.480 e. The molecule has 0 radical (unpaired) electrons. The van der Waals surface area contributed by atoms with Crippen LogP contribution in [-0.4, -0.2) is 53.7 Å². The normalized spacial score (nSPS) is 19.8. The summed E-state index contributed by atoms with van der Waals surface area (Å²) in [5.41, 5.74) is 0. The molecule has 2 atom stereocenters. The maximum Gasteiger partial charge on any atom is 0.328 e. The largest absolute Gasteiger partial charge is 0.480 e. The molecule has 0 aromatic rings. The van der Waals surface area contributed by atoms with Crippen molar-refractivity contribution >= 4 is 18.0 Å². The van der Waals surface area contributed by atoms with E-state index in [1.54, 1.807) is 0 Å². The Bertz CT molecular complexity index is 383. The molecule has 0 saturated carbocycles. The molecule has 7 nitrogen and oxygen atoms in total. The number of rotatable bonds is 5. The zero-order valence-electron chi connectivity index (χ0n) is 12.1. The van der Waals surface area contributed by atoms with E-state index in [4.69, 9.17) is 5.11 Å². The van der Waals surface area contributed by atoms with Gasteiger partial charge in [-0.2, -0.15) is 0 Å². The minimum absolute atomic E-state index is 0.145. The molecule has 1 aliphatic heterocycles. The van der Waals surface area contributed by atoms with Crippen LogP contribution in [0, 0.1) is 5.92 Å². The monoisotopic (exact) mass is 286 g/mol. The Morgan fingerprint density at radius 2 is 2.05 bits per heavy atom. The van der Waals surface area contributed by atoms with Gasteiger partial charge in [-0.3, -0.25) is 0 Å². The highest BCUT2D eigenvalue weighted by atomic mass is 16.5. The lowest BCUT2D eigenvalue weighted by molar-refractivity contribution is -0.144. The van der Waals surface area contributed by atoms with Crippen molar-refractivity contribution in [3.8, 4) is 0 Å². The van der Waals surface area contributed by atoms with Crippen LogP contribution >= 0.6 is 0 Å². The molecule has 1 rings (SSSR count). The number of nitrogens with one attached hydrogen (secondary N) is 1. The van der Waals surface area contributed by atoms with Gasteiger partial charge in [-0.05, 0) is 25.2 Å². The fourth-order valence-corrected chi connectivity index (χ4v) is 2.32. The van der Waals surface area contributed by atoms with Gasteiger partial charge in [-0.1, -0.05) is 13.8 Å². The van der Waals surface area contributed by atoms with Crippen molar-refractivity contribution in [1.29, 1.82) is 0 Å². The molecule has 0 aliphatic carbocycles. The lowest BCUT2D eigenvalue weighted by atomic mass is 10.0. The molecule has 1 aliphatic rings. The Labute approximate surface area is 118 Å². The number of nitrogens with zero attached hydrogens (tertiary/aromatic N) is 1. The van der Waals surface area contributed by atoms with Crippen LogP contribution in [0.5, 0.6) is 0 Å². The molecular formula is C13H22N2O5. The lowest BCUT2D eigenvalue weighted by Crippen LogP contribution is -2.51. The summed E-state index contributed by atoms with van der Waals surface area (Å²) in [4.78, 5) is 36.2. The quantitative estimate of drug-likeness (QED) is 0.730. The SMILES string of the molecule is COC(=O)C1CCCN1C(=O)N[C@@H](CC(C)C)C(=O)O. The number of likely N-dealkylation sites (tertiary alicyclic amines) is 1. The van der Waals surface area contributed by atoms with Gasteiger partial charge < -0.3 is 20.1 Å². The van der Waals surface area contributed by atoms with Crippen LogP contribution in [0.4, 0.5) is 4.79 Å². The van der Waals surface area contributed by atoms with Crippen molar-refractivity contribution in [2.75, 3.05) is 13.7 Å². The molecule has 2 amide bonds. The first-order valence-corrected chi connectivity index (χ1v) is 6.74. The molecule has 1 saturated heterocycles. The first-order chi connectivity index (χ1) is 9.36. The Morgan fingerprint density at radius 3 is 2.55 bits per heavy atom. The molecule has 0 aromatic carbocycles.